The third kappa shape index (κ3) is 3.61. The molecule has 142 valence electrons. The molecule has 0 heterocycles. The maximum atomic E-state index is 13.4. The molecular formula is C14H4F10S2. The Hall–Kier alpha value is -1.56. The summed E-state index contributed by atoms with van der Waals surface area (Å²) in [6.07, 6.45) is 0. The quantitative estimate of drug-likeness (QED) is 0.190. The molecule has 0 N–H and O–H groups in total. The molecule has 0 aliphatic carbocycles. The molecule has 0 fully saturated rings. The molecule has 0 atom stereocenters. The minimum atomic E-state index is -2.35. The smallest absolute Gasteiger partial charge is 0.200 e. The Balaban J connectivity index is 2.14. The van der Waals surface area contributed by atoms with Gasteiger partial charge in [0.15, 0.2) is 46.5 Å². The highest BCUT2D eigenvalue weighted by molar-refractivity contribution is 8.03. The third-order valence-electron chi connectivity index (χ3n) is 2.92. The molecule has 0 aromatic heterocycles. The zero-order valence-corrected chi connectivity index (χ0v) is 13.6. The van der Waals surface area contributed by atoms with Crippen LogP contribution in [-0.2, 0) is 0 Å². The van der Waals surface area contributed by atoms with E-state index in [1.54, 1.807) is 0 Å². The van der Waals surface area contributed by atoms with E-state index in [2.05, 4.69) is 0 Å². The average molecular weight is 426 g/mol. The van der Waals surface area contributed by atoms with Gasteiger partial charge in [0.2, 0.25) is 11.6 Å². The fourth-order valence-electron chi connectivity index (χ4n) is 1.71. The summed E-state index contributed by atoms with van der Waals surface area (Å²) < 4.78 is 131. The molecule has 0 spiro atoms. The Morgan fingerprint density at radius 3 is 0.769 bits per heavy atom. The van der Waals surface area contributed by atoms with Crippen LogP contribution in [0.2, 0.25) is 0 Å². The van der Waals surface area contributed by atoms with Gasteiger partial charge in [0, 0.05) is 11.5 Å². The lowest BCUT2D eigenvalue weighted by Crippen LogP contribution is -2.05. The van der Waals surface area contributed by atoms with Crippen molar-refractivity contribution < 1.29 is 43.9 Å². The Labute approximate surface area is 147 Å². The Kier molecular flexibility index (Phi) is 6.37. The van der Waals surface area contributed by atoms with Crippen LogP contribution >= 0.6 is 23.5 Å². The van der Waals surface area contributed by atoms with Gasteiger partial charge in [-0.2, -0.15) is 0 Å². The summed E-state index contributed by atoms with van der Waals surface area (Å²) in [6.45, 7) is 0. The Bertz CT molecular complexity index is 738. The second-order valence-corrected chi connectivity index (χ2v) is 6.71. The van der Waals surface area contributed by atoms with Gasteiger partial charge in [-0.1, -0.05) is 0 Å². The van der Waals surface area contributed by atoms with Crippen molar-refractivity contribution in [3.05, 3.63) is 58.2 Å². The average Bonchev–Trinajstić information content (AvgIpc) is 2.63. The normalized spacial score (nSPS) is 11.3. The molecule has 0 bridgehead atoms. The Morgan fingerprint density at radius 1 is 0.346 bits per heavy atom. The van der Waals surface area contributed by atoms with Crippen molar-refractivity contribution in [2.75, 3.05) is 11.5 Å². The van der Waals surface area contributed by atoms with Crippen LogP contribution < -0.4 is 0 Å². The Morgan fingerprint density at radius 2 is 0.538 bits per heavy atom. The van der Waals surface area contributed by atoms with Crippen molar-refractivity contribution in [2.24, 2.45) is 0 Å². The van der Waals surface area contributed by atoms with E-state index in [1.807, 2.05) is 0 Å². The van der Waals surface area contributed by atoms with E-state index in [0.29, 0.717) is 0 Å². The van der Waals surface area contributed by atoms with Crippen LogP contribution in [0, 0.1) is 58.2 Å². The molecule has 0 radical (unpaired) electrons. The number of hydrogen-bond donors (Lipinski definition) is 0. The van der Waals surface area contributed by atoms with Crippen LogP contribution in [0.4, 0.5) is 43.9 Å². The van der Waals surface area contributed by atoms with E-state index in [1.165, 1.54) is 0 Å². The summed E-state index contributed by atoms with van der Waals surface area (Å²) in [5, 5.41) is 0. The zero-order chi connectivity index (χ0) is 19.8. The first kappa shape index (κ1) is 20.7. The van der Waals surface area contributed by atoms with Crippen LogP contribution in [-0.4, -0.2) is 11.5 Å². The lowest BCUT2D eigenvalue weighted by molar-refractivity contribution is 0.360. The fourth-order valence-corrected chi connectivity index (χ4v) is 3.65. The van der Waals surface area contributed by atoms with Crippen LogP contribution in [0.3, 0.4) is 0 Å². The van der Waals surface area contributed by atoms with Gasteiger partial charge in [-0.25, -0.2) is 43.9 Å². The highest BCUT2D eigenvalue weighted by Crippen LogP contribution is 2.34. The molecule has 2 aromatic rings. The second kappa shape index (κ2) is 7.99. The summed E-state index contributed by atoms with van der Waals surface area (Å²) in [6, 6.07) is 0. The molecule has 0 aliphatic rings. The first-order valence-corrected chi connectivity index (χ1v) is 8.35. The highest BCUT2D eigenvalue weighted by Gasteiger charge is 2.27. The molecule has 0 amide bonds. The molecule has 0 nitrogen and oxygen atoms in total. The molecule has 2 rings (SSSR count). The summed E-state index contributed by atoms with van der Waals surface area (Å²) >= 11 is 0.258. The van der Waals surface area contributed by atoms with Crippen molar-refractivity contribution in [3.8, 4) is 0 Å². The molecule has 12 heteroatoms. The fraction of sp³-hybridized carbons (Fsp3) is 0.143. The number of thioether (sulfide) groups is 2. The molecule has 0 unspecified atom stereocenters. The maximum Gasteiger partial charge on any atom is 0.200 e. The van der Waals surface area contributed by atoms with Crippen LogP contribution in [0.1, 0.15) is 0 Å². The third-order valence-corrected chi connectivity index (χ3v) is 5.28. The van der Waals surface area contributed by atoms with E-state index in [0.717, 1.165) is 0 Å². The summed E-state index contributed by atoms with van der Waals surface area (Å²) in [5.74, 6) is -22.6. The van der Waals surface area contributed by atoms with Crippen molar-refractivity contribution in [3.63, 3.8) is 0 Å². The number of hydrogen-bond acceptors (Lipinski definition) is 2. The number of rotatable bonds is 5. The lowest BCUT2D eigenvalue weighted by Gasteiger charge is -2.09. The van der Waals surface area contributed by atoms with E-state index < -0.39 is 79.5 Å². The maximum absolute atomic E-state index is 13.4. The van der Waals surface area contributed by atoms with E-state index in [-0.39, 0.29) is 23.5 Å². The molecule has 0 saturated heterocycles. The predicted octanol–water partition coefficient (Wildman–Crippen LogP) is 5.96. The minimum Gasteiger partial charge on any atom is -0.202 e. The van der Waals surface area contributed by atoms with Crippen molar-refractivity contribution in [1.29, 1.82) is 0 Å². The largest absolute Gasteiger partial charge is 0.202 e. The minimum absolute atomic E-state index is 0.129. The molecule has 0 saturated carbocycles. The predicted molar refractivity (Wildman–Crippen MR) is 73.9 cm³/mol. The summed E-state index contributed by atoms with van der Waals surface area (Å²) in [5.41, 5.74) is 0. The van der Waals surface area contributed by atoms with Crippen LogP contribution in [0.15, 0.2) is 9.79 Å². The van der Waals surface area contributed by atoms with E-state index in [9.17, 15) is 43.9 Å². The van der Waals surface area contributed by atoms with Gasteiger partial charge in [0.05, 0.1) is 9.79 Å². The van der Waals surface area contributed by atoms with Gasteiger partial charge >= 0.3 is 0 Å². The molecule has 2 aromatic carbocycles. The highest BCUT2D eigenvalue weighted by atomic mass is 32.2. The van der Waals surface area contributed by atoms with Crippen LogP contribution in [0.5, 0.6) is 0 Å². The van der Waals surface area contributed by atoms with Gasteiger partial charge in [0.1, 0.15) is 0 Å². The topological polar surface area (TPSA) is 0 Å². The first-order chi connectivity index (χ1) is 12.1. The first-order valence-electron chi connectivity index (χ1n) is 6.38. The van der Waals surface area contributed by atoms with Crippen molar-refractivity contribution >= 4 is 23.5 Å². The molecule has 26 heavy (non-hydrogen) atoms. The summed E-state index contributed by atoms with van der Waals surface area (Å²) in [7, 11) is 0. The van der Waals surface area contributed by atoms with Crippen LogP contribution in [0.25, 0.3) is 0 Å². The van der Waals surface area contributed by atoms with Gasteiger partial charge < -0.3 is 0 Å². The van der Waals surface area contributed by atoms with Gasteiger partial charge in [-0.05, 0) is 0 Å². The number of halogens is 10. The van der Waals surface area contributed by atoms with Gasteiger partial charge in [-0.3, -0.25) is 0 Å². The number of benzene rings is 2. The monoisotopic (exact) mass is 426 g/mol. The molecule has 0 aliphatic heterocycles. The van der Waals surface area contributed by atoms with E-state index >= 15 is 0 Å². The summed E-state index contributed by atoms with van der Waals surface area (Å²) in [4.78, 5) is -2.45. The van der Waals surface area contributed by atoms with Crippen molar-refractivity contribution in [1.82, 2.24) is 0 Å². The SMILES string of the molecule is Fc1c(F)c(F)c(SCCSc2c(F)c(F)c(F)c(F)c2F)c(F)c1F. The van der Waals surface area contributed by atoms with Gasteiger partial charge in [-0.15, -0.1) is 23.5 Å². The second-order valence-electron chi connectivity index (χ2n) is 4.49. The van der Waals surface area contributed by atoms with Crippen molar-refractivity contribution in [2.45, 2.75) is 9.79 Å². The van der Waals surface area contributed by atoms with E-state index in [4.69, 9.17) is 0 Å². The standard InChI is InChI=1S/C14H4F10S2/c15-3-5(17)9(21)13(10(22)6(3)18)25-1-2-26-14-11(23)7(19)4(16)8(20)12(14)24/h1-2H2. The zero-order valence-electron chi connectivity index (χ0n) is 12.0. The van der Waals surface area contributed by atoms with Gasteiger partial charge in [0.25, 0.3) is 0 Å². The molecular weight excluding hydrogens is 422 g/mol. The lowest BCUT2D eigenvalue weighted by atomic mass is 10.3.